The van der Waals surface area contributed by atoms with E-state index in [9.17, 15) is 4.79 Å². The number of rotatable bonds is 2. The van der Waals surface area contributed by atoms with Crippen LogP contribution in [0.4, 0.5) is 10.5 Å². The normalized spacial score (nSPS) is 12.2. The van der Waals surface area contributed by atoms with Gasteiger partial charge in [-0.05, 0) is 18.6 Å². The number of hydrogen-bond acceptors (Lipinski definition) is 2. The summed E-state index contributed by atoms with van der Waals surface area (Å²) in [5.74, 6) is 0. The summed E-state index contributed by atoms with van der Waals surface area (Å²) in [4.78, 5) is 10.6. The van der Waals surface area contributed by atoms with Gasteiger partial charge in [0.2, 0.25) is 0 Å². The van der Waals surface area contributed by atoms with Crippen molar-refractivity contribution in [2.45, 2.75) is 13.0 Å². The Hall–Kier alpha value is -1.55. The Kier molecular flexibility index (Phi) is 2.87. The van der Waals surface area contributed by atoms with E-state index in [1.54, 1.807) is 6.07 Å². The summed E-state index contributed by atoms with van der Waals surface area (Å²) in [5.41, 5.74) is 12.2. The lowest BCUT2D eigenvalue weighted by Crippen LogP contribution is -2.21. The van der Waals surface area contributed by atoms with Crippen molar-refractivity contribution in [3.05, 3.63) is 29.8 Å². The van der Waals surface area contributed by atoms with Gasteiger partial charge in [0.25, 0.3) is 0 Å². The second-order valence-electron chi connectivity index (χ2n) is 2.87. The van der Waals surface area contributed by atoms with Crippen molar-refractivity contribution in [2.75, 3.05) is 5.32 Å². The first-order chi connectivity index (χ1) is 6.11. The minimum absolute atomic E-state index is 0.122. The first-order valence-corrected chi connectivity index (χ1v) is 4.02. The number of hydrogen-bond donors (Lipinski definition) is 3. The molecule has 0 saturated heterocycles. The monoisotopic (exact) mass is 179 g/mol. The number of carbonyl (C=O) groups is 1. The fraction of sp³-hybridized carbons (Fsp3) is 0.222. The molecule has 0 radical (unpaired) electrons. The van der Waals surface area contributed by atoms with E-state index < -0.39 is 6.03 Å². The standard InChI is InChI=1S/C9H13N3O/c1-6(10)7-4-2-3-5-8(7)12-9(11)13/h2-6H,10H2,1H3,(H3,11,12,13). The van der Waals surface area contributed by atoms with E-state index in [-0.39, 0.29) is 6.04 Å². The molecule has 0 bridgehead atoms. The molecule has 1 aromatic rings. The molecule has 0 spiro atoms. The molecule has 0 aliphatic carbocycles. The number of urea groups is 1. The lowest BCUT2D eigenvalue weighted by molar-refractivity contribution is 0.259. The molecular weight excluding hydrogens is 166 g/mol. The Morgan fingerprint density at radius 2 is 2.08 bits per heavy atom. The molecule has 1 aromatic carbocycles. The zero-order valence-electron chi connectivity index (χ0n) is 7.45. The van der Waals surface area contributed by atoms with E-state index in [2.05, 4.69) is 5.32 Å². The molecule has 2 amide bonds. The lowest BCUT2D eigenvalue weighted by Gasteiger charge is -2.11. The SMILES string of the molecule is CC(N)c1ccccc1NC(N)=O. The molecule has 1 unspecified atom stereocenters. The smallest absolute Gasteiger partial charge is 0.316 e. The first-order valence-electron chi connectivity index (χ1n) is 4.02. The molecule has 4 heteroatoms. The van der Waals surface area contributed by atoms with Gasteiger partial charge in [-0.15, -0.1) is 0 Å². The van der Waals surface area contributed by atoms with Gasteiger partial charge in [-0.3, -0.25) is 0 Å². The Morgan fingerprint density at radius 3 is 2.62 bits per heavy atom. The highest BCUT2D eigenvalue weighted by molar-refractivity contribution is 5.88. The Balaban J connectivity index is 2.97. The van der Waals surface area contributed by atoms with Crippen LogP contribution in [0.5, 0.6) is 0 Å². The third-order valence-corrected chi connectivity index (χ3v) is 1.71. The van der Waals surface area contributed by atoms with Crippen molar-refractivity contribution < 1.29 is 4.79 Å². The van der Waals surface area contributed by atoms with Crippen LogP contribution in [0.3, 0.4) is 0 Å². The number of amides is 2. The molecule has 0 fully saturated rings. The highest BCUT2D eigenvalue weighted by Crippen LogP contribution is 2.20. The maximum Gasteiger partial charge on any atom is 0.316 e. The Bertz CT molecular complexity index is 309. The van der Waals surface area contributed by atoms with E-state index in [0.29, 0.717) is 5.69 Å². The molecule has 1 atom stereocenters. The van der Waals surface area contributed by atoms with Crippen LogP contribution in [0, 0.1) is 0 Å². The molecule has 0 heterocycles. The van der Waals surface area contributed by atoms with Crippen LogP contribution >= 0.6 is 0 Å². The van der Waals surface area contributed by atoms with Gasteiger partial charge in [0.1, 0.15) is 0 Å². The van der Waals surface area contributed by atoms with Crippen LogP contribution in [0.1, 0.15) is 18.5 Å². The number of nitrogens with two attached hydrogens (primary N) is 2. The highest BCUT2D eigenvalue weighted by Gasteiger charge is 2.06. The predicted octanol–water partition coefficient (Wildman–Crippen LogP) is 1.20. The van der Waals surface area contributed by atoms with Crippen molar-refractivity contribution in [1.29, 1.82) is 0 Å². The number of anilines is 1. The first kappa shape index (κ1) is 9.54. The van der Waals surface area contributed by atoms with Gasteiger partial charge in [-0.2, -0.15) is 0 Å². The van der Waals surface area contributed by atoms with E-state index >= 15 is 0 Å². The molecule has 5 N–H and O–H groups in total. The third-order valence-electron chi connectivity index (χ3n) is 1.71. The maximum absolute atomic E-state index is 10.6. The summed E-state index contributed by atoms with van der Waals surface area (Å²) in [5, 5.41) is 2.51. The average Bonchev–Trinajstić information content (AvgIpc) is 2.03. The predicted molar refractivity (Wildman–Crippen MR) is 52.3 cm³/mol. The molecule has 70 valence electrons. The van der Waals surface area contributed by atoms with Crippen molar-refractivity contribution in [3.8, 4) is 0 Å². The summed E-state index contributed by atoms with van der Waals surface area (Å²) in [6.07, 6.45) is 0. The molecule has 13 heavy (non-hydrogen) atoms. The molecule has 0 aliphatic heterocycles. The number of primary amides is 1. The summed E-state index contributed by atoms with van der Waals surface area (Å²) in [7, 11) is 0. The van der Waals surface area contributed by atoms with Crippen molar-refractivity contribution in [1.82, 2.24) is 0 Å². The second kappa shape index (κ2) is 3.91. The molecule has 1 rings (SSSR count). The second-order valence-corrected chi connectivity index (χ2v) is 2.87. The highest BCUT2D eigenvalue weighted by atomic mass is 16.2. The zero-order valence-corrected chi connectivity index (χ0v) is 7.45. The van der Waals surface area contributed by atoms with Gasteiger partial charge in [-0.25, -0.2) is 4.79 Å². The number of carbonyl (C=O) groups excluding carboxylic acids is 1. The summed E-state index contributed by atoms with van der Waals surface area (Å²) in [6, 6.07) is 6.61. The van der Waals surface area contributed by atoms with Crippen LogP contribution < -0.4 is 16.8 Å². The van der Waals surface area contributed by atoms with E-state index in [4.69, 9.17) is 11.5 Å². The van der Waals surface area contributed by atoms with Gasteiger partial charge >= 0.3 is 6.03 Å². The summed E-state index contributed by atoms with van der Waals surface area (Å²) < 4.78 is 0. The van der Waals surface area contributed by atoms with Crippen LogP contribution in [0.2, 0.25) is 0 Å². The summed E-state index contributed by atoms with van der Waals surface area (Å²) >= 11 is 0. The van der Waals surface area contributed by atoms with Crippen LogP contribution in [-0.2, 0) is 0 Å². The third kappa shape index (κ3) is 2.45. The van der Waals surface area contributed by atoms with E-state index in [1.165, 1.54) is 0 Å². The van der Waals surface area contributed by atoms with Crippen LogP contribution in [0.25, 0.3) is 0 Å². The minimum Gasteiger partial charge on any atom is -0.351 e. The van der Waals surface area contributed by atoms with Crippen LogP contribution in [0.15, 0.2) is 24.3 Å². The zero-order chi connectivity index (χ0) is 9.84. The number of benzene rings is 1. The van der Waals surface area contributed by atoms with Gasteiger partial charge in [0.05, 0.1) is 0 Å². The van der Waals surface area contributed by atoms with Crippen molar-refractivity contribution in [3.63, 3.8) is 0 Å². The van der Waals surface area contributed by atoms with Gasteiger partial charge < -0.3 is 16.8 Å². The molecular formula is C9H13N3O. The molecule has 0 aromatic heterocycles. The largest absolute Gasteiger partial charge is 0.351 e. The van der Waals surface area contributed by atoms with E-state index in [1.807, 2.05) is 25.1 Å². The molecule has 0 aliphatic rings. The Labute approximate surface area is 76.9 Å². The average molecular weight is 179 g/mol. The van der Waals surface area contributed by atoms with Crippen molar-refractivity contribution >= 4 is 11.7 Å². The fourth-order valence-corrected chi connectivity index (χ4v) is 1.14. The van der Waals surface area contributed by atoms with Gasteiger partial charge in [-0.1, -0.05) is 18.2 Å². The molecule has 4 nitrogen and oxygen atoms in total. The van der Waals surface area contributed by atoms with Gasteiger partial charge in [0, 0.05) is 11.7 Å². The molecule has 0 saturated carbocycles. The fourth-order valence-electron chi connectivity index (χ4n) is 1.14. The number of nitrogens with one attached hydrogen (secondary N) is 1. The van der Waals surface area contributed by atoms with E-state index in [0.717, 1.165) is 5.56 Å². The minimum atomic E-state index is -0.576. The lowest BCUT2D eigenvalue weighted by atomic mass is 10.1. The quantitative estimate of drug-likeness (QED) is 0.637. The number of para-hydroxylation sites is 1. The van der Waals surface area contributed by atoms with Gasteiger partial charge in [0.15, 0.2) is 0 Å². The summed E-state index contributed by atoms with van der Waals surface area (Å²) in [6.45, 7) is 1.85. The maximum atomic E-state index is 10.6. The Morgan fingerprint density at radius 1 is 1.46 bits per heavy atom. The van der Waals surface area contributed by atoms with Crippen LogP contribution in [-0.4, -0.2) is 6.03 Å². The van der Waals surface area contributed by atoms with Crippen molar-refractivity contribution in [2.24, 2.45) is 11.5 Å². The topological polar surface area (TPSA) is 81.1 Å².